The zero-order valence-corrected chi connectivity index (χ0v) is 50.4. The van der Waals surface area contributed by atoms with Gasteiger partial charge in [0.1, 0.15) is 13.2 Å². The minimum absolute atomic E-state index is 0.0919. The molecule has 0 rings (SSSR count). The van der Waals surface area contributed by atoms with E-state index in [4.69, 9.17) is 14.2 Å². The molecule has 0 amide bonds. The van der Waals surface area contributed by atoms with Gasteiger partial charge in [-0.25, -0.2) is 0 Å². The van der Waals surface area contributed by atoms with Gasteiger partial charge in [0.25, 0.3) is 0 Å². The Morgan fingerprint density at radius 3 is 0.831 bits per heavy atom. The Morgan fingerprint density at radius 1 is 0.273 bits per heavy atom. The maximum Gasteiger partial charge on any atom is 0.306 e. The van der Waals surface area contributed by atoms with Crippen molar-refractivity contribution in [3.8, 4) is 0 Å². The normalized spacial score (nSPS) is 12.8. The van der Waals surface area contributed by atoms with Crippen molar-refractivity contribution in [2.45, 2.75) is 309 Å². The van der Waals surface area contributed by atoms with E-state index in [1.807, 2.05) is 0 Å². The largest absolute Gasteiger partial charge is 0.462 e. The molecule has 0 aromatic rings. The third-order valence-electron chi connectivity index (χ3n) is 13.8. The first-order chi connectivity index (χ1) is 38.0. The lowest BCUT2D eigenvalue weighted by atomic mass is 10.0. The molecule has 1 atom stereocenters. The smallest absolute Gasteiger partial charge is 0.306 e. The summed E-state index contributed by atoms with van der Waals surface area (Å²) in [5.41, 5.74) is 0. The predicted molar refractivity (Wildman–Crippen MR) is 334 cm³/mol. The number of unbranched alkanes of at least 4 members (excludes halogenated alkanes) is 29. The maximum atomic E-state index is 12.9. The van der Waals surface area contributed by atoms with Crippen molar-refractivity contribution in [1.82, 2.24) is 0 Å². The molecule has 0 spiro atoms. The van der Waals surface area contributed by atoms with Crippen LogP contribution >= 0.6 is 0 Å². The van der Waals surface area contributed by atoms with Crippen molar-refractivity contribution in [3.05, 3.63) is 109 Å². The van der Waals surface area contributed by atoms with Gasteiger partial charge in [0.15, 0.2) is 6.10 Å². The van der Waals surface area contributed by atoms with E-state index in [9.17, 15) is 14.4 Å². The molecular formula is C71H120O6. The minimum atomic E-state index is -0.799. The second-order valence-electron chi connectivity index (χ2n) is 21.3. The summed E-state index contributed by atoms with van der Waals surface area (Å²) in [5.74, 6) is -0.933. The molecule has 440 valence electrons. The van der Waals surface area contributed by atoms with Gasteiger partial charge in [0.05, 0.1) is 0 Å². The van der Waals surface area contributed by atoms with E-state index in [2.05, 4.69) is 130 Å². The highest BCUT2D eigenvalue weighted by Gasteiger charge is 2.19. The van der Waals surface area contributed by atoms with Crippen LogP contribution in [0.5, 0.6) is 0 Å². The summed E-state index contributed by atoms with van der Waals surface area (Å²) < 4.78 is 16.9. The number of carbonyl (C=O) groups is 3. The fourth-order valence-corrected chi connectivity index (χ4v) is 8.92. The summed E-state index contributed by atoms with van der Waals surface area (Å²) in [6.45, 7) is 6.51. The zero-order chi connectivity index (χ0) is 55.7. The van der Waals surface area contributed by atoms with Crippen molar-refractivity contribution < 1.29 is 28.6 Å². The van der Waals surface area contributed by atoms with Gasteiger partial charge in [0.2, 0.25) is 0 Å². The van der Waals surface area contributed by atoms with E-state index in [1.165, 1.54) is 154 Å². The van der Waals surface area contributed by atoms with Crippen LogP contribution in [0.2, 0.25) is 0 Å². The molecule has 0 bridgehead atoms. The summed E-state index contributed by atoms with van der Waals surface area (Å²) in [6, 6.07) is 0. The standard InChI is InChI=1S/C71H120O6/c1-4-7-10-13-16-19-22-25-28-30-32-33-34-35-36-37-38-39-40-42-43-46-49-52-55-58-61-64-70(73)76-67-68(66-75-69(72)63-60-57-54-51-48-45-27-24-21-18-15-12-9-6-3)77-71(74)65-62-59-56-53-50-47-44-41-31-29-26-23-20-17-14-11-8-5-2/h7,10,16,19,25,28-29,31-33,35-36,38-39,42-43,49,52,68H,4-6,8-9,11-15,17-18,20-24,26-27,30,34,37,40-41,44-48,50-51,53-67H2,1-3H3/b10-7-,19-16-,28-25-,31-29-,33-32-,36-35-,39-38-,43-42-,52-49-. The van der Waals surface area contributed by atoms with Gasteiger partial charge in [-0.3, -0.25) is 14.4 Å². The van der Waals surface area contributed by atoms with E-state index >= 15 is 0 Å². The van der Waals surface area contributed by atoms with Crippen molar-refractivity contribution in [2.75, 3.05) is 13.2 Å². The molecule has 1 unspecified atom stereocenters. The van der Waals surface area contributed by atoms with Gasteiger partial charge >= 0.3 is 17.9 Å². The van der Waals surface area contributed by atoms with E-state index in [1.54, 1.807) is 0 Å². The van der Waals surface area contributed by atoms with Crippen LogP contribution in [0.15, 0.2) is 109 Å². The molecular weight excluding hydrogens is 949 g/mol. The molecule has 0 radical (unpaired) electrons. The highest BCUT2D eigenvalue weighted by atomic mass is 16.6. The molecule has 0 fully saturated rings. The first-order valence-electron chi connectivity index (χ1n) is 32.4. The van der Waals surface area contributed by atoms with Gasteiger partial charge < -0.3 is 14.2 Å². The first kappa shape index (κ1) is 73.1. The first-order valence-corrected chi connectivity index (χ1v) is 32.4. The number of rotatable bonds is 58. The number of hydrogen-bond donors (Lipinski definition) is 0. The quantitative estimate of drug-likeness (QED) is 0.0261. The van der Waals surface area contributed by atoms with Crippen molar-refractivity contribution in [1.29, 1.82) is 0 Å². The van der Waals surface area contributed by atoms with Gasteiger partial charge in [-0.15, -0.1) is 0 Å². The number of hydrogen-bond acceptors (Lipinski definition) is 6. The highest BCUT2D eigenvalue weighted by molar-refractivity contribution is 5.71. The Morgan fingerprint density at radius 2 is 0.506 bits per heavy atom. The molecule has 0 aliphatic heterocycles. The van der Waals surface area contributed by atoms with Gasteiger partial charge in [0, 0.05) is 19.3 Å². The number of carbonyl (C=O) groups excluding carboxylic acids is 3. The van der Waals surface area contributed by atoms with Gasteiger partial charge in [-0.05, 0) is 109 Å². The lowest BCUT2D eigenvalue weighted by Crippen LogP contribution is -2.30. The van der Waals surface area contributed by atoms with Crippen LogP contribution in [0.3, 0.4) is 0 Å². The topological polar surface area (TPSA) is 78.9 Å². The Bertz CT molecular complexity index is 1560. The summed E-state index contributed by atoms with van der Waals surface area (Å²) in [5, 5.41) is 0. The molecule has 0 aromatic heterocycles. The predicted octanol–water partition coefficient (Wildman–Crippen LogP) is 22.2. The highest BCUT2D eigenvalue weighted by Crippen LogP contribution is 2.16. The Balaban J connectivity index is 4.43. The van der Waals surface area contributed by atoms with Crippen LogP contribution in [-0.4, -0.2) is 37.2 Å². The van der Waals surface area contributed by atoms with E-state index in [-0.39, 0.29) is 31.1 Å². The second kappa shape index (κ2) is 64.6. The number of esters is 3. The van der Waals surface area contributed by atoms with Crippen LogP contribution < -0.4 is 0 Å². The molecule has 77 heavy (non-hydrogen) atoms. The molecule has 0 saturated heterocycles. The Hall–Kier alpha value is -3.93. The molecule has 0 N–H and O–H groups in total. The van der Waals surface area contributed by atoms with Crippen LogP contribution in [0.4, 0.5) is 0 Å². The maximum absolute atomic E-state index is 12.9. The van der Waals surface area contributed by atoms with Crippen molar-refractivity contribution >= 4 is 17.9 Å². The fourth-order valence-electron chi connectivity index (χ4n) is 8.92. The molecule has 0 heterocycles. The summed E-state index contributed by atoms with van der Waals surface area (Å²) in [4.78, 5) is 38.3. The zero-order valence-electron chi connectivity index (χ0n) is 50.4. The van der Waals surface area contributed by atoms with Crippen LogP contribution in [0.25, 0.3) is 0 Å². The van der Waals surface area contributed by atoms with Crippen molar-refractivity contribution in [3.63, 3.8) is 0 Å². The molecule has 0 saturated carbocycles. The molecule has 6 nitrogen and oxygen atoms in total. The average Bonchev–Trinajstić information content (AvgIpc) is 3.43. The third-order valence-corrected chi connectivity index (χ3v) is 13.8. The van der Waals surface area contributed by atoms with Crippen LogP contribution in [0, 0.1) is 0 Å². The number of ether oxygens (including phenoxy) is 3. The summed E-state index contributed by atoms with van der Waals surface area (Å²) >= 11 is 0. The van der Waals surface area contributed by atoms with Crippen LogP contribution in [0.1, 0.15) is 303 Å². The number of allylic oxidation sites excluding steroid dienone is 18. The van der Waals surface area contributed by atoms with Gasteiger partial charge in [-0.1, -0.05) is 284 Å². The molecule has 6 heteroatoms. The molecule has 0 aliphatic carbocycles. The fraction of sp³-hybridized carbons (Fsp3) is 0.704. The van der Waals surface area contributed by atoms with Gasteiger partial charge in [-0.2, -0.15) is 0 Å². The van der Waals surface area contributed by atoms with Crippen LogP contribution in [-0.2, 0) is 28.6 Å². The van der Waals surface area contributed by atoms with Crippen molar-refractivity contribution in [2.24, 2.45) is 0 Å². The summed E-state index contributed by atoms with van der Waals surface area (Å²) in [7, 11) is 0. The van der Waals surface area contributed by atoms with E-state index in [0.717, 1.165) is 109 Å². The summed E-state index contributed by atoms with van der Waals surface area (Å²) in [6.07, 6.45) is 88.1. The Kier molecular flexibility index (Phi) is 61.3. The lowest BCUT2D eigenvalue weighted by Gasteiger charge is -2.18. The second-order valence-corrected chi connectivity index (χ2v) is 21.3. The third kappa shape index (κ3) is 62.8. The monoisotopic (exact) mass is 1070 g/mol. The SMILES string of the molecule is CC/C=C\C/C=C\C/C=C\C/C=C\C/C=C\C/C=C\C/C=C\C/C=C\CCCCC(=O)OCC(COC(=O)CCCCCCCCCCCCCCCC)OC(=O)CCCCCCCCC/C=C\CCCCCCCCC. The van der Waals surface area contributed by atoms with E-state index in [0.29, 0.717) is 19.3 Å². The molecule has 0 aliphatic rings. The average molecular weight is 1070 g/mol. The lowest BCUT2D eigenvalue weighted by molar-refractivity contribution is -0.167. The minimum Gasteiger partial charge on any atom is -0.462 e. The molecule has 0 aromatic carbocycles. The Labute approximate surface area is 476 Å². The van der Waals surface area contributed by atoms with E-state index < -0.39 is 6.10 Å².